The molecule has 1 heterocycles. The van der Waals surface area contributed by atoms with Crippen LogP contribution in [0.15, 0.2) is 12.4 Å². The number of aliphatic hydroxyl groups excluding tert-OH is 1. The lowest BCUT2D eigenvalue weighted by Gasteiger charge is -2.28. The van der Waals surface area contributed by atoms with Crippen LogP contribution in [0.1, 0.15) is 33.1 Å². The zero-order valence-electron chi connectivity index (χ0n) is 10.6. The fourth-order valence-corrected chi connectivity index (χ4v) is 1.90. The first-order valence-corrected chi connectivity index (χ1v) is 6.51. The first-order chi connectivity index (χ1) is 8.09. The number of aromatic nitrogens is 2. The Morgan fingerprint density at radius 1 is 1.59 bits per heavy atom. The van der Waals surface area contributed by atoms with Gasteiger partial charge in [0.15, 0.2) is 0 Å². The summed E-state index contributed by atoms with van der Waals surface area (Å²) < 4.78 is 1.83. The largest absolute Gasteiger partial charge is 0.394 e. The van der Waals surface area contributed by atoms with Gasteiger partial charge in [0.2, 0.25) is 0 Å². The Balaban J connectivity index is 2.32. The minimum atomic E-state index is -0.188. The fraction of sp³-hybridized carbons (Fsp3) is 0.750. The van der Waals surface area contributed by atoms with Crippen molar-refractivity contribution >= 4 is 11.6 Å². The number of aryl methyl sites for hydroxylation is 1. The van der Waals surface area contributed by atoms with E-state index in [1.54, 1.807) is 6.20 Å². The number of rotatable bonds is 8. The fourth-order valence-electron chi connectivity index (χ4n) is 1.74. The molecule has 4 nitrogen and oxygen atoms in total. The molecule has 1 aromatic rings. The van der Waals surface area contributed by atoms with E-state index in [-0.39, 0.29) is 12.1 Å². The van der Waals surface area contributed by atoms with Gasteiger partial charge in [-0.1, -0.05) is 18.5 Å². The van der Waals surface area contributed by atoms with E-state index in [1.807, 2.05) is 10.9 Å². The smallest absolute Gasteiger partial charge is 0.0785 e. The summed E-state index contributed by atoms with van der Waals surface area (Å²) in [7, 11) is 0. The van der Waals surface area contributed by atoms with E-state index in [0.29, 0.717) is 5.02 Å². The quantitative estimate of drug-likeness (QED) is 0.752. The third-order valence-corrected chi connectivity index (χ3v) is 3.06. The molecule has 0 aliphatic heterocycles. The molecule has 2 N–H and O–H groups in total. The van der Waals surface area contributed by atoms with Crippen LogP contribution in [-0.4, -0.2) is 33.6 Å². The molecule has 0 spiro atoms. The zero-order valence-corrected chi connectivity index (χ0v) is 11.4. The molecule has 0 aliphatic carbocycles. The number of nitrogens with zero attached hydrogens (tertiary/aromatic N) is 2. The summed E-state index contributed by atoms with van der Waals surface area (Å²) >= 11 is 5.79. The van der Waals surface area contributed by atoms with Gasteiger partial charge in [0.05, 0.1) is 17.8 Å². The normalized spacial score (nSPS) is 14.8. The van der Waals surface area contributed by atoms with Crippen LogP contribution in [0.3, 0.4) is 0 Å². The van der Waals surface area contributed by atoms with Gasteiger partial charge in [0, 0.05) is 18.3 Å². The lowest BCUT2D eigenvalue weighted by atomic mass is 9.96. The van der Waals surface area contributed by atoms with Crippen LogP contribution in [0.5, 0.6) is 0 Å². The molecular formula is C12H22ClN3O. The maximum atomic E-state index is 9.41. The number of nitrogens with one attached hydrogen (secondary N) is 1. The molecule has 1 unspecified atom stereocenters. The second-order valence-corrected chi connectivity index (χ2v) is 5.11. The average molecular weight is 260 g/mol. The van der Waals surface area contributed by atoms with E-state index in [9.17, 15) is 5.11 Å². The second kappa shape index (κ2) is 6.99. The van der Waals surface area contributed by atoms with Crippen LogP contribution in [0, 0.1) is 0 Å². The molecule has 0 amide bonds. The van der Waals surface area contributed by atoms with Crippen molar-refractivity contribution < 1.29 is 5.11 Å². The predicted molar refractivity (Wildman–Crippen MR) is 70.3 cm³/mol. The van der Waals surface area contributed by atoms with Crippen LogP contribution >= 0.6 is 11.6 Å². The highest BCUT2D eigenvalue weighted by molar-refractivity contribution is 6.30. The molecule has 17 heavy (non-hydrogen) atoms. The van der Waals surface area contributed by atoms with Gasteiger partial charge >= 0.3 is 0 Å². The van der Waals surface area contributed by atoms with E-state index in [1.165, 1.54) is 0 Å². The summed E-state index contributed by atoms with van der Waals surface area (Å²) in [6.45, 7) is 6.10. The van der Waals surface area contributed by atoms with Crippen molar-refractivity contribution in [2.45, 2.75) is 45.2 Å². The summed E-state index contributed by atoms with van der Waals surface area (Å²) in [4.78, 5) is 0. The molecular weight excluding hydrogens is 238 g/mol. The Morgan fingerprint density at radius 3 is 2.88 bits per heavy atom. The molecule has 1 atom stereocenters. The standard InChI is InChI=1S/C12H22ClN3O/c1-3-6-14-12(2,10-17)5-4-7-16-9-11(13)8-15-16/h8-9,14,17H,3-7,10H2,1-2H3. The Kier molecular flexibility index (Phi) is 5.95. The number of hydrogen-bond acceptors (Lipinski definition) is 3. The van der Waals surface area contributed by atoms with Crippen molar-refractivity contribution in [2.75, 3.05) is 13.2 Å². The lowest BCUT2D eigenvalue weighted by molar-refractivity contribution is 0.162. The van der Waals surface area contributed by atoms with Gasteiger partial charge in [0.25, 0.3) is 0 Å². The van der Waals surface area contributed by atoms with E-state index < -0.39 is 0 Å². The summed E-state index contributed by atoms with van der Waals surface area (Å²) in [5, 5.41) is 17.6. The van der Waals surface area contributed by atoms with Crippen molar-refractivity contribution in [3.05, 3.63) is 17.4 Å². The van der Waals surface area contributed by atoms with Crippen LogP contribution in [0.2, 0.25) is 5.02 Å². The monoisotopic (exact) mass is 259 g/mol. The average Bonchev–Trinajstić information content (AvgIpc) is 2.72. The topological polar surface area (TPSA) is 50.1 Å². The van der Waals surface area contributed by atoms with Crippen molar-refractivity contribution in [2.24, 2.45) is 0 Å². The molecule has 0 aromatic carbocycles. The Labute approximate surface area is 108 Å². The molecule has 1 aromatic heterocycles. The molecule has 0 saturated heterocycles. The van der Waals surface area contributed by atoms with Gasteiger partial charge < -0.3 is 10.4 Å². The van der Waals surface area contributed by atoms with Crippen molar-refractivity contribution in [1.82, 2.24) is 15.1 Å². The Hall–Kier alpha value is -0.580. The van der Waals surface area contributed by atoms with Gasteiger partial charge in [-0.2, -0.15) is 5.10 Å². The summed E-state index contributed by atoms with van der Waals surface area (Å²) in [5.74, 6) is 0. The van der Waals surface area contributed by atoms with Crippen molar-refractivity contribution in [3.63, 3.8) is 0 Å². The lowest BCUT2D eigenvalue weighted by Crippen LogP contribution is -2.46. The maximum absolute atomic E-state index is 9.41. The van der Waals surface area contributed by atoms with Crippen LogP contribution in [-0.2, 0) is 6.54 Å². The highest BCUT2D eigenvalue weighted by Crippen LogP contribution is 2.13. The van der Waals surface area contributed by atoms with E-state index in [4.69, 9.17) is 11.6 Å². The molecule has 0 fully saturated rings. The van der Waals surface area contributed by atoms with Crippen molar-refractivity contribution in [3.8, 4) is 0 Å². The summed E-state index contributed by atoms with van der Waals surface area (Å²) in [6, 6.07) is 0. The van der Waals surface area contributed by atoms with E-state index in [0.717, 1.165) is 32.4 Å². The molecule has 0 bridgehead atoms. The maximum Gasteiger partial charge on any atom is 0.0785 e. The molecule has 0 aliphatic rings. The third-order valence-electron chi connectivity index (χ3n) is 2.87. The number of aliphatic hydroxyl groups is 1. The van der Waals surface area contributed by atoms with Gasteiger partial charge in [-0.25, -0.2) is 0 Å². The first kappa shape index (κ1) is 14.5. The van der Waals surface area contributed by atoms with Gasteiger partial charge in [0.1, 0.15) is 0 Å². The Bertz CT molecular complexity index is 329. The summed E-state index contributed by atoms with van der Waals surface area (Å²) in [6.07, 6.45) is 6.41. The first-order valence-electron chi connectivity index (χ1n) is 6.13. The zero-order chi connectivity index (χ0) is 12.7. The molecule has 5 heteroatoms. The van der Waals surface area contributed by atoms with Gasteiger partial charge in [-0.15, -0.1) is 0 Å². The van der Waals surface area contributed by atoms with Gasteiger partial charge in [-0.3, -0.25) is 4.68 Å². The predicted octanol–water partition coefficient (Wildman–Crippen LogP) is 2.07. The number of hydrogen-bond donors (Lipinski definition) is 2. The SMILES string of the molecule is CCCNC(C)(CO)CCCn1cc(Cl)cn1. The molecule has 0 saturated carbocycles. The van der Waals surface area contributed by atoms with Crippen LogP contribution in [0.4, 0.5) is 0 Å². The van der Waals surface area contributed by atoms with Crippen LogP contribution < -0.4 is 5.32 Å². The third kappa shape index (κ3) is 5.06. The minimum Gasteiger partial charge on any atom is -0.394 e. The molecule has 1 rings (SSSR count). The van der Waals surface area contributed by atoms with Gasteiger partial charge in [-0.05, 0) is 32.7 Å². The highest BCUT2D eigenvalue weighted by atomic mass is 35.5. The number of halogens is 1. The van der Waals surface area contributed by atoms with Crippen LogP contribution in [0.25, 0.3) is 0 Å². The highest BCUT2D eigenvalue weighted by Gasteiger charge is 2.21. The van der Waals surface area contributed by atoms with Crippen molar-refractivity contribution in [1.29, 1.82) is 0 Å². The van der Waals surface area contributed by atoms with E-state index >= 15 is 0 Å². The minimum absolute atomic E-state index is 0.160. The molecule has 98 valence electrons. The Morgan fingerprint density at radius 2 is 2.35 bits per heavy atom. The van der Waals surface area contributed by atoms with E-state index in [2.05, 4.69) is 24.3 Å². The summed E-state index contributed by atoms with van der Waals surface area (Å²) in [5.41, 5.74) is -0.188. The second-order valence-electron chi connectivity index (χ2n) is 4.67. The molecule has 0 radical (unpaired) electrons.